The van der Waals surface area contributed by atoms with Crippen molar-refractivity contribution in [3.8, 4) is 17.2 Å². The van der Waals surface area contributed by atoms with Crippen LogP contribution in [-0.4, -0.2) is 29.4 Å². The lowest BCUT2D eigenvalue weighted by molar-refractivity contribution is -0.118. The van der Waals surface area contributed by atoms with Gasteiger partial charge in [-0.15, -0.1) is 10.2 Å². The number of benzene rings is 4. The molecule has 1 amide bonds. The topological polar surface area (TPSA) is 122 Å². The summed E-state index contributed by atoms with van der Waals surface area (Å²) in [7, 11) is 1.52. The van der Waals surface area contributed by atoms with E-state index in [4.69, 9.17) is 44.3 Å². The molecule has 0 radical (unpaired) electrons. The van der Waals surface area contributed by atoms with Gasteiger partial charge >= 0.3 is 5.56 Å². The number of aromatic nitrogens is 2. The number of nitrogens with zero attached hydrogens (tertiary/aromatic N) is 3. The average Bonchev–Trinajstić information content (AvgIpc) is 3.42. The van der Waals surface area contributed by atoms with E-state index in [-0.39, 0.29) is 50.6 Å². The van der Waals surface area contributed by atoms with Crippen LogP contribution in [0.5, 0.6) is 11.5 Å². The van der Waals surface area contributed by atoms with Gasteiger partial charge < -0.3 is 20.1 Å². The van der Waals surface area contributed by atoms with Gasteiger partial charge in [-0.05, 0) is 77.8 Å². The molecule has 1 heterocycles. The van der Waals surface area contributed by atoms with Crippen molar-refractivity contribution in [2.24, 2.45) is 10.2 Å². The molecule has 5 aromatic rings. The Kier molecular flexibility index (Phi) is 12.3. The molecule has 10 nitrogen and oxygen atoms in total. The number of aromatic amines is 1. The summed E-state index contributed by atoms with van der Waals surface area (Å²) < 4.78 is 12.7. The lowest BCUT2D eigenvalue weighted by Crippen LogP contribution is -2.24. The summed E-state index contributed by atoms with van der Waals surface area (Å²) >= 11 is 19.1. The van der Waals surface area contributed by atoms with Crippen LogP contribution in [0.25, 0.3) is 5.69 Å². The molecule has 13 heteroatoms. The quantitative estimate of drug-likeness (QED) is 0.0969. The fourth-order valence-electron chi connectivity index (χ4n) is 5.49. The molecule has 4 aromatic carbocycles. The van der Waals surface area contributed by atoms with E-state index in [1.165, 1.54) is 24.8 Å². The van der Waals surface area contributed by atoms with E-state index in [9.17, 15) is 9.59 Å². The Morgan fingerprint density at radius 1 is 0.830 bits per heavy atom. The first-order valence-corrected chi connectivity index (χ1v) is 18.3. The molecule has 0 bridgehead atoms. The van der Waals surface area contributed by atoms with E-state index >= 15 is 0 Å². The van der Waals surface area contributed by atoms with Crippen LogP contribution in [0.3, 0.4) is 0 Å². The van der Waals surface area contributed by atoms with Gasteiger partial charge in [-0.25, -0.2) is 4.68 Å². The number of H-pyrrole nitrogens is 1. The van der Waals surface area contributed by atoms with Gasteiger partial charge in [-0.3, -0.25) is 14.7 Å². The number of methoxy groups -OCH3 is 1. The fourth-order valence-corrected chi connectivity index (χ4v) is 6.48. The standard InChI is InChI=1S/C40H43Cl3N6O4/c1-8-39(3,4)24-17-18-32(28(19-24)40(5,6)9-2)53-23-34(50)44-26-13-12-14-27(22-26)45-37-35(47-46-31-15-10-11-16-33(31)52-7)38(51)49(48-37)36-29(42)20-25(41)21-30(36)43/h10-22,45,48H,8-9,23H2,1-7H3,(H,44,50)/b47-46+. The first-order chi connectivity index (χ1) is 25.2. The molecule has 3 N–H and O–H groups in total. The number of azo groups is 1. The monoisotopic (exact) mass is 776 g/mol. The van der Waals surface area contributed by atoms with Crippen LogP contribution in [0.15, 0.2) is 93.9 Å². The number of hydrogen-bond acceptors (Lipinski definition) is 7. The molecule has 0 saturated heterocycles. The first kappa shape index (κ1) is 39.4. The van der Waals surface area contributed by atoms with Gasteiger partial charge in [0.15, 0.2) is 18.1 Å². The summed E-state index contributed by atoms with van der Waals surface area (Å²) in [5, 5.41) is 18.3. The highest BCUT2D eigenvalue weighted by Gasteiger charge is 2.27. The number of nitrogens with one attached hydrogen (secondary N) is 3. The molecule has 278 valence electrons. The molecule has 1 aromatic heterocycles. The Morgan fingerprint density at radius 2 is 1.51 bits per heavy atom. The maximum Gasteiger partial charge on any atom is 0.301 e. The number of carbonyl (C=O) groups excluding carboxylic acids is 1. The number of rotatable bonds is 14. The Hall–Kier alpha value is -4.77. The van der Waals surface area contributed by atoms with Crippen molar-refractivity contribution in [3.63, 3.8) is 0 Å². The van der Waals surface area contributed by atoms with Gasteiger partial charge in [-0.2, -0.15) is 0 Å². The molecular formula is C40H43Cl3N6O4. The molecule has 0 unspecified atom stereocenters. The average molecular weight is 778 g/mol. The number of halogens is 3. The van der Waals surface area contributed by atoms with Crippen molar-refractivity contribution in [1.29, 1.82) is 0 Å². The van der Waals surface area contributed by atoms with E-state index < -0.39 is 5.56 Å². The molecular weight excluding hydrogens is 735 g/mol. The molecule has 53 heavy (non-hydrogen) atoms. The fraction of sp³-hybridized carbons (Fsp3) is 0.300. The van der Waals surface area contributed by atoms with Crippen LogP contribution in [0.4, 0.5) is 28.6 Å². The zero-order chi connectivity index (χ0) is 38.5. The highest BCUT2D eigenvalue weighted by molar-refractivity contribution is 6.40. The van der Waals surface area contributed by atoms with Crippen LogP contribution < -0.4 is 25.7 Å². The Bertz CT molecular complexity index is 2190. The molecule has 0 aliphatic heterocycles. The zero-order valence-electron chi connectivity index (χ0n) is 30.7. The molecule has 0 spiro atoms. The molecule has 0 atom stereocenters. The van der Waals surface area contributed by atoms with Crippen molar-refractivity contribution in [1.82, 2.24) is 9.78 Å². The second-order valence-corrected chi connectivity index (χ2v) is 15.0. The van der Waals surface area contributed by atoms with E-state index in [1.54, 1.807) is 48.5 Å². The van der Waals surface area contributed by atoms with Crippen LogP contribution in [0.1, 0.15) is 65.5 Å². The summed E-state index contributed by atoms with van der Waals surface area (Å²) in [6.45, 7) is 13.0. The predicted molar refractivity (Wildman–Crippen MR) is 216 cm³/mol. The molecule has 5 rings (SSSR count). The minimum Gasteiger partial charge on any atom is -0.494 e. The maximum absolute atomic E-state index is 13.8. The smallest absolute Gasteiger partial charge is 0.301 e. The van der Waals surface area contributed by atoms with Gasteiger partial charge in [-0.1, -0.05) is 107 Å². The SMILES string of the molecule is CCC(C)(C)c1ccc(OCC(=O)Nc2cccc(Nc3[nH]n(-c4c(Cl)cc(Cl)cc4Cl)c(=O)c3/N=N/c3ccccc3OC)c2)c(C(C)(C)CC)c1. The Morgan fingerprint density at radius 3 is 2.19 bits per heavy atom. The van der Waals surface area contributed by atoms with Crippen molar-refractivity contribution in [2.45, 2.75) is 65.2 Å². The van der Waals surface area contributed by atoms with E-state index in [2.05, 4.69) is 79.6 Å². The van der Waals surface area contributed by atoms with Gasteiger partial charge in [0.05, 0.1) is 17.2 Å². The predicted octanol–water partition coefficient (Wildman–Crippen LogP) is 11.7. The van der Waals surface area contributed by atoms with Crippen molar-refractivity contribution < 1.29 is 14.3 Å². The molecule has 0 saturated carbocycles. The second-order valence-electron chi connectivity index (χ2n) is 13.8. The van der Waals surface area contributed by atoms with E-state index in [1.807, 2.05) is 6.07 Å². The van der Waals surface area contributed by atoms with E-state index in [0.29, 0.717) is 33.6 Å². The lowest BCUT2D eigenvalue weighted by atomic mass is 9.76. The van der Waals surface area contributed by atoms with Crippen molar-refractivity contribution in [3.05, 3.63) is 115 Å². The summed E-state index contributed by atoms with van der Waals surface area (Å²) in [5.41, 5.74) is 3.13. The molecule has 0 aliphatic carbocycles. The second kappa shape index (κ2) is 16.5. The van der Waals surface area contributed by atoms with Gasteiger partial charge in [0, 0.05) is 22.0 Å². The third-order valence-corrected chi connectivity index (χ3v) is 10.2. The van der Waals surface area contributed by atoms with Crippen LogP contribution in [-0.2, 0) is 15.6 Å². The number of para-hydroxylation sites is 1. The number of amides is 1. The van der Waals surface area contributed by atoms with Crippen LogP contribution >= 0.6 is 34.8 Å². The largest absolute Gasteiger partial charge is 0.494 e. The number of carbonyl (C=O) groups is 1. The molecule has 0 fully saturated rings. The zero-order valence-corrected chi connectivity index (χ0v) is 33.0. The minimum atomic E-state index is -0.587. The highest BCUT2D eigenvalue weighted by atomic mass is 35.5. The first-order valence-electron chi connectivity index (χ1n) is 17.2. The Labute approximate surface area is 324 Å². The van der Waals surface area contributed by atoms with Gasteiger partial charge in [0.25, 0.3) is 5.91 Å². The number of anilines is 3. The summed E-state index contributed by atoms with van der Waals surface area (Å²) in [5.74, 6) is 1.00. The third kappa shape index (κ3) is 9.07. The third-order valence-electron chi connectivity index (χ3n) is 9.45. The summed E-state index contributed by atoms with van der Waals surface area (Å²) in [4.78, 5) is 27.0. The summed E-state index contributed by atoms with van der Waals surface area (Å²) in [6.07, 6.45) is 1.90. The van der Waals surface area contributed by atoms with Gasteiger partial charge in [0.2, 0.25) is 0 Å². The normalized spacial score (nSPS) is 11.9. The van der Waals surface area contributed by atoms with Crippen molar-refractivity contribution in [2.75, 3.05) is 24.4 Å². The van der Waals surface area contributed by atoms with Crippen molar-refractivity contribution >= 4 is 69.3 Å². The van der Waals surface area contributed by atoms with E-state index in [0.717, 1.165) is 23.1 Å². The number of ether oxygens (including phenoxy) is 2. The summed E-state index contributed by atoms with van der Waals surface area (Å²) in [6, 6.07) is 23.2. The molecule has 0 aliphatic rings. The van der Waals surface area contributed by atoms with Crippen LogP contribution in [0.2, 0.25) is 15.1 Å². The number of hydrogen-bond donors (Lipinski definition) is 3. The minimum absolute atomic E-state index is 0.0121. The maximum atomic E-state index is 13.8. The highest BCUT2D eigenvalue weighted by Crippen LogP contribution is 2.39. The van der Waals surface area contributed by atoms with Gasteiger partial charge in [0.1, 0.15) is 22.9 Å². The lowest BCUT2D eigenvalue weighted by Gasteiger charge is -2.30. The van der Waals surface area contributed by atoms with Crippen LogP contribution in [0, 0.1) is 0 Å². The Balaban J connectivity index is 1.41.